The van der Waals surface area contributed by atoms with Gasteiger partial charge in [0, 0.05) is 22.2 Å². The molecular weight excluding hydrogens is 392 g/mol. The van der Waals surface area contributed by atoms with Crippen LogP contribution in [-0.2, 0) is 22.1 Å². The zero-order valence-electron chi connectivity index (χ0n) is 19.5. The molecule has 0 saturated heterocycles. The average molecular weight is 427 g/mol. The van der Waals surface area contributed by atoms with Gasteiger partial charge in [0.15, 0.2) is 0 Å². The molecule has 4 nitrogen and oxygen atoms in total. The van der Waals surface area contributed by atoms with Crippen molar-refractivity contribution < 1.29 is 9.53 Å². The summed E-state index contributed by atoms with van der Waals surface area (Å²) in [6.07, 6.45) is 2.62. The molecule has 3 rings (SSSR count). The van der Waals surface area contributed by atoms with Gasteiger partial charge in [-0.05, 0) is 63.1 Å². The number of hydrogen-bond acceptors (Lipinski definition) is 5. The third kappa shape index (κ3) is 4.68. The predicted molar refractivity (Wildman–Crippen MR) is 127 cm³/mol. The lowest BCUT2D eigenvalue weighted by Gasteiger charge is -2.42. The maximum atomic E-state index is 12.9. The molecule has 0 aliphatic carbocycles. The first-order valence-electron chi connectivity index (χ1n) is 10.6. The summed E-state index contributed by atoms with van der Waals surface area (Å²) < 4.78 is 5.41. The molecule has 0 amide bonds. The first kappa shape index (κ1) is 22.7. The van der Waals surface area contributed by atoms with Crippen LogP contribution in [0.2, 0.25) is 0 Å². The van der Waals surface area contributed by atoms with Crippen molar-refractivity contribution in [3.05, 3.63) is 51.4 Å². The topological polar surface area (TPSA) is 50.7 Å². The van der Waals surface area contributed by atoms with E-state index in [-0.39, 0.29) is 22.5 Å². The third-order valence-electron chi connectivity index (χ3n) is 5.41. The molecule has 0 unspecified atom stereocenters. The summed E-state index contributed by atoms with van der Waals surface area (Å²) >= 11 is 1.59. The van der Waals surface area contributed by atoms with Gasteiger partial charge in [0.2, 0.25) is 0 Å². The lowest BCUT2D eigenvalue weighted by molar-refractivity contribution is 0.0525. The fourth-order valence-electron chi connectivity index (χ4n) is 4.22. The molecule has 0 saturated carbocycles. The largest absolute Gasteiger partial charge is 0.462 e. The second-order valence-corrected chi connectivity index (χ2v) is 11.3. The number of hydrogen-bond donors (Lipinski definition) is 1. The molecule has 1 N–H and O–H groups in total. The van der Waals surface area contributed by atoms with E-state index in [1.54, 1.807) is 11.3 Å². The van der Waals surface area contributed by atoms with Crippen LogP contribution < -0.4 is 5.32 Å². The number of thiophene rings is 1. The molecule has 0 bridgehead atoms. The van der Waals surface area contributed by atoms with Crippen molar-refractivity contribution in [2.24, 2.45) is 4.99 Å². The lowest BCUT2D eigenvalue weighted by Crippen LogP contribution is -2.55. The fraction of sp³-hybridized carbons (Fsp3) is 0.520. The zero-order chi connectivity index (χ0) is 22.3. The highest BCUT2D eigenvalue weighted by molar-refractivity contribution is 7.16. The Morgan fingerprint density at radius 3 is 2.40 bits per heavy atom. The van der Waals surface area contributed by atoms with Crippen LogP contribution in [0.15, 0.2) is 29.3 Å². The summed E-state index contributed by atoms with van der Waals surface area (Å²) in [4.78, 5) is 18.8. The van der Waals surface area contributed by atoms with Crippen LogP contribution in [0.3, 0.4) is 0 Å². The van der Waals surface area contributed by atoms with E-state index in [1.165, 1.54) is 10.4 Å². The maximum Gasteiger partial charge on any atom is 0.341 e. The number of esters is 1. The molecule has 1 aromatic heterocycles. The number of ether oxygens (including phenoxy) is 1. The van der Waals surface area contributed by atoms with Gasteiger partial charge in [-0.25, -0.2) is 9.79 Å². The SMILES string of the molecule is CCOC(=O)c1c(N=Cc2ccc(C(C)(C)C)cc2)sc2c1CC(C)(C)NC2(C)C. The number of benzene rings is 1. The highest BCUT2D eigenvalue weighted by Crippen LogP contribution is 2.46. The number of nitrogens with zero attached hydrogens (tertiary/aromatic N) is 1. The smallest absolute Gasteiger partial charge is 0.341 e. The molecule has 0 radical (unpaired) electrons. The van der Waals surface area contributed by atoms with Crippen LogP contribution in [0.25, 0.3) is 0 Å². The average Bonchev–Trinajstić information content (AvgIpc) is 2.97. The molecule has 0 spiro atoms. The number of fused-ring (bicyclic) bond motifs is 1. The van der Waals surface area contributed by atoms with Crippen LogP contribution in [-0.4, -0.2) is 24.3 Å². The second-order valence-electron chi connectivity index (χ2n) is 10.3. The highest BCUT2D eigenvalue weighted by Gasteiger charge is 2.41. The van der Waals surface area contributed by atoms with E-state index in [9.17, 15) is 4.79 Å². The molecule has 0 atom stereocenters. The molecule has 2 aromatic rings. The van der Waals surface area contributed by atoms with Crippen LogP contribution in [0.1, 0.15) is 87.3 Å². The van der Waals surface area contributed by atoms with Crippen molar-refractivity contribution in [2.45, 2.75) is 78.3 Å². The van der Waals surface area contributed by atoms with E-state index < -0.39 is 0 Å². The number of carbonyl (C=O) groups is 1. The Kier molecular flexibility index (Phi) is 6.00. The molecule has 162 valence electrons. The molecule has 30 heavy (non-hydrogen) atoms. The Balaban J connectivity index is 2.03. The first-order chi connectivity index (χ1) is 13.8. The van der Waals surface area contributed by atoms with Crippen molar-refractivity contribution in [2.75, 3.05) is 6.61 Å². The molecule has 5 heteroatoms. The summed E-state index contributed by atoms with van der Waals surface area (Å²) in [7, 11) is 0. The van der Waals surface area contributed by atoms with Crippen molar-refractivity contribution in [3.8, 4) is 0 Å². The van der Waals surface area contributed by atoms with E-state index in [4.69, 9.17) is 9.73 Å². The van der Waals surface area contributed by atoms with E-state index in [2.05, 4.69) is 78.0 Å². The molecule has 0 fully saturated rings. The van der Waals surface area contributed by atoms with E-state index >= 15 is 0 Å². The summed E-state index contributed by atoms with van der Waals surface area (Å²) in [5.41, 5.74) is 3.78. The Morgan fingerprint density at radius 2 is 1.83 bits per heavy atom. The second kappa shape index (κ2) is 7.93. The molecule has 1 aromatic carbocycles. The Labute approximate surface area is 184 Å². The van der Waals surface area contributed by atoms with Gasteiger partial charge in [-0.2, -0.15) is 0 Å². The summed E-state index contributed by atoms with van der Waals surface area (Å²) in [5.74, 6) is -0.279. The van der Waals surface area contributed by atoms with Gasteiger partial charge in [0.1, 0.15) is 5.00 Å². The van der Waals surface area contributed by atoms with Gasteiger partial charge in [0.05, 0.1) is 12.2 Å². The van der Waals surface area contributed by atoms with Crippen LogP contribution in [0, 0.1) is 0 Å². The number of nitrogens with one attached hydrogen (secondary N) is 1. The van der Waals surface area contributed by atoms with Crippen LogP contribution in [0.4, 0.5) is 5.00 Å². The van der Waals surface area contributed by atoms with E-state index in [1.807, 2.05) is 13.1 Å². The fourth-order valence-corrected chi connectivity index (χ4v) is 5.43. The van der Waals surface area contributed by atoms with Crippen molar-refractivity contribution >= 4 is 28.5 Å². The highest BCUT2D eigenvalue weighted by atomic mass is 32.1. The van der Waals surface area contributed by atoms with Gasteiger partial charge < -0.3 is 10.1 Å². The molecular formula is C25H34N2O2S. The van der Waals surface area contributed by atoms with Crippen molar-refractivity contribution in [1.82, 2.24) is 5.32 Å². The molecule has 1 aliphatic heterocycles. The van der Waals surface area contributed by atoms with Gasteiger partial charge >= 0.3 is 5.97 Å². The van der Waals surface area contributed by atoms with Crippen LogP contribution >= 0.6 is 11.3 Å². The van der Waals surface area contributed by atoms with Crippen molar-refractivity contribution in [1.29, 1.82) is 0 Å². The standard InChI is InChI=1S/C25H34N2O2S/c1-9-29-22(28)19-18-14-24(5,6)27-25(7,8)20(18)30-21(19)26-15-16-10-12-17(13-11-16)23(2,3)4/h10-13,15,27H,9,14H2,1-8H3. The van der Waals surface area contributed by atoms with Gasteiger partial charge in [-0.15, -0.1) is 11.3 Å². The molecule has 1 aliphatic rings. The number of rotatable bonds is 4. The normalized spacial score (nSPS) is 17.7. The summed E-state index contributed by atoms with van der Waals surface area (Å²) in [5, 5.41) is 4.43. The minimum Gasteiger partial charge on any atom is -0.462 e. The minimum atomic E-state index is -0.279. The van der Waals surface area contributed by atoms with E-state index in [0.717, 1.165) is 22.5 Å². The van der Waals surface area contributed by atoms with Gasteiger partial charge in [-0.3, -0.25) is 0 Å². The summed E-state index contributed by atoms with van der Waals surface area (Å²) in [6.45, 7) is 17.5. The quantitative estimate of drug-likeness (QED) is 0.472. The maximum absolute atomic E-state index is 12.9. The lowest BCUT2D eigenvalue weighted by atomic mass is 9.81. The molecule has 2 heterocycles. The number of aliphatic imine (C=N–C) groups is 1. The monoisotopic (exact) mass is 426 g/mol. The third-order valence-corrected chi connectivity index (χ3v) is 6.88. The van der Waals surface area contributed by atoms with Gasteiger partial charge in [-0.1, -0.05) is 45.0 Å². The minimum absolute atomic E-state index is 0.109. The summed E-state index contributed by atoms with van der Waals surface area (Å²) in [6, 6.07) is 8.44. The zero-order valence-corrected chi connectivity index (χ0v) is 20.3. The first-order valence-corrected chi connectivity index (χ1v) is 11.4. The predicted octanol–water partition coefficient (Wildman–Crippen LogP) is 6.13. The van der Waals surface area contributed by atoms with Gasteiger partial charge in [0.25, 0.3) is 0 Å². The Bertz CT molecular complexity index is 960. The number of carbonyl (C=O) groups excluding carboxylic acids is 1. The Hall–Kier alpha value is -1.98. The van der Waals surface area contributed by atoms with Crippen molar-refractivity contribution in [3.63, 3.8) is 0 Å². The van der Waals surface area contributed by atoms with E-state index in [0.29, 0.717) is 12.2 Å². The van der Waals surface area contributed by atoms with Crippen LogP contribution in [0.5, 0.6) is 0 Å². The Morgan fingerprint density at radius 1 is 1.20 bits per heavy atom.